The highest BCUT2D eigenvalue weighted by atomic mass is 16.2. The number of nitrogens with one attached hydrogen (secondary N) is 1. The zero-order valence-electron chi connectivity index (χ0n) is 15.8. The third-order valence-corrected chi connectivity index (χ3v) is 5.18. The maximum atomic E-state index is 12.6. The molecule has 1 N–H and O–H groups in total. The summed E-state index contributed by atoms with van der Waals surface area (Å²) in [4.78, 5) is 27.1. The second-order valence-electron chi connectivity index (χ2n) is 7.19. The van der Waals surface area contributed by atoms with Gasteiger partial charge < -0.3 is 10.2 Å². The molecule has 1 saturated heterocycles. The highest BCUT2D eigenvalue weighted by Gasteiger charge is 2.17. The molecule has 1 aliphatic rings. The normalized spacial score (nSPS) is 14.6. The van der Waals surface area contributed by atoms with E-state index in [0.29, 0.717) is 5.56 Å². The van der Waals surface area contributed by atoms with E-state index in [9.17, 15) is 9.59 Å². The van der Waals surface area contributed by atoms with Crippen molar-refractivity contribution < 1.29 is 9.59 Å². The van der Waals surface area contributed by atoms with Crippen LogP contribution >= 0.6 is 0 Å². The Morgan fingerprint density at radius 2 is 1.71 bits per heavy atom. The van der Waals surface area contributed by atoms with Crippen LogP contribution in [0.25, 0.3) is 10.9 Å². The summed E-state index contributed by atoms with van der Waals surface area (Å²) in [6, 6.07) is 14.8. The van der Waals surface area contributed by atoms with Crippen LogP contribution in [0.1, 0.15) is 36.0 Å². The van der Waals surface area contributed by atoms with E-state index in [0.717, 1.165) is 42.5 Å². The Labute approximate surface area is 164 Å². The lowest BCUT2D eigenvalue weighted by Gasteiger charge is -2.20. The molecule has 0 atom stereocenters. The van der Waals surface area contributed by atoms with Crippen molar-refractivity contribution in [2.75, 3.05) is 18.4 Å². The van der Waals surface area contributed by atoms with Crippen LogP contribution in [0.15, 0.2) is 54.7 Å². The van der Waals surface area contributed by atoms with Crippen molar-refractivity contribution in [3.05, 3.63) is 60.3 Å². The largest absolute Gasteiger partial charge is 0.341 e. The van der Waals surface area contributed by atoms with Crippen molar-refractivity contribution in [3.63, 3.8) is 0 Å². The molecule has 4 rings (SSSR count). The number of hydrogen-bond donors (Lipinski definition) is 1. The topological polar surface area (TPSA) is 67.2 Å². The van der Waals surface area contributed by atoms with Gasteiger partial charge in [0.15, 0.2) is 0 Å². The number of aromatic nitrogens is 2. The minimum atomic E-state index is -0.165. The molecule has 0 saturated carbocycles. The fraction of sp³-hybridized carbons (Fsp3) is 0.318. The van der Waals surface area contributed by atoms with Crippen LogP contribution in [0.3, 0.4) is 0 Å². The number of benzene rings is 2. The van der Waals surface area contributed by atoms with Crippen LogP contribution < -0.4 is 5.32 Å². The minimum Gasteiger partial charge on any atom is -0.341 e. The molecule has 28 heavy (non-hydrogen) atoms. The minimum absolute atomic E-state index is 0.109. The van der Waals surface area contributed by atoms with E-state index in [1.54, 1.807) is 16.9 Å². The van der Waals surface area contributed by atoms with Crippen molar-refractivity contribution in [1.29, 1.82) is 0 Å². The summed E-state index contributed by atoms with van der Waals surface area (Å²) in [6.07, 6.45) is 6.26. The van der Waals surface area contributed by atoms with E-state index in [1.807, 2.05) is 47.4 Å². The maximum Gasteiger partial charge on any atom is 0.255 e. The summed E-state index contributed by atoms with van der Waals surface area (Å²) in [5.74, 6) is -0.0562. The lowest BCUT2D eigenvalue weighted by Crippen LogP contribution is -2.34. The molecule has 0 unspecified atom stereocenters. The van der Waals surface area contributed by atoms with Gasteiger partial charge in [0.05, 0.1) is 11.7 Å². The van der Waals surface area contributed by atoms with Gasteiger partial charge in [-0.3, -0.25) is 14.3 Å². The third kappa shape index (κ3) is 4.06. The first kappa shape index (κ1) is 18.2. The molecule has 1 aliphatic heterocycles. The highest BCUT2D eigenvalue weighted by molar-refractivity contribution is 6.06. The number of likely N-dealkylation sites (tertiary alicyclic amines) is 1. The fourth-order valence-corrected chi connectivity index (χ4v) is 3.63. The number of carbonyl (C=O) groups excluding carboxylic acids is 2. The van der Waals surface area contributed by atoms with Gasteiger partial charge in [-0.2, -0.15) is 5.10 Å². The first-order valence-electron chi connectivity index (χ1n) is 9.80. The Hall–Kier alpha value is -3.15. The molecule has 0 radical (unpaired) electrons. The molecule has 0 aliphatic carbocycles. The molecular formula is C22H24N4O2. The van der Waals surface area contributed by atoms with Crippen molar-refractivity contribution in [2.45, 2.75) is 32.2 Å². The zero-order valence-corrected chi connectivity index (χ0v) is 15.8. The molecule has 1 fully saturated rings. The number of hydrogen-bond acceptors (Lipinski definition) is 3. The summed E-state index contributed by atoms with van der Waals surface area (Å²) in [5, 5.41) is 8.11. The lowest BCUT2D eigenvalue weighted by atomic mass is 10.1. The van der Waals surface area contributed by atoms with Gasteiger partial charge in [-0.05, 0) is 43.2 Å². The molecule has 2 heterocycles. The van der Waals surface area contributed by atoms with Gasteiger partial charge in [0.1, 0.15) is 6.54 Å². The number of nitrogens with zero attached hydrogens (tertiary/aromatic N) is 3. The first-order chi connectivity index (χ1) is 13.7. The molecule has 6 nitrogen and oxygen atoms in total. The van der Waals surface area contributed by atoms with Gasteiger partial charge in [-0.25, -0.2) is 0 Å². The molecule has 1 aromatic heterocycles. The second kappa shape index (κ2) is 8.25. The van der Waals surface area contributed by atoms with E-state index >= 15 is 0 Å². The number of rotatable bonds is 4. The SMILES string of the molecule is O=C(Nc1ccccc1)c1ccc2c(cnn2CC(=O)N2CCCCCC2)c1. The number of carbonyl (C=O) groups is 2. The van der Waals surface area contributed by atoms with Gasteiger partial charge in [-0.15, -0.1) is 0 Å². The van der Waals surface area contributed by atoms with Crippen LogP contribution in [0.2, 0.25) is 0 Å². The van der Waals surface area contributed by atoms with Gasteiger partial charge in [0.2, 0.25) is 5.91 Å². The quantitative estimate of drug-likeness (QED) is 0.755. The summed E-state index contributed by atoms with van der Waals surface area (Å²) in [7, 11) is 0. The molecule has 2 aromatic carbocycles. The second-order valence-corrected chi connectivity index (χ2v) is 7.19. The van der Waals surface area contributed by atoms with Crippen LogP contribution in [0.4, 0.5) is 5.69 Å². The van der Waals surface area contributed by atoms with Crippen molar-refractivity contribution in [2.24, 2.45) is 0 Å². The Balaban J connectivity index is 1.48. The fourth-order valence-electron chi connectivity index (χ4n) is 3.63. The van der Waals surface area contributed by atoms with Gasteiger partial charge in [0, 0.05) is 29.7 Å². The van der Waals surface area contributed by atoms with Crippen molar-refractivity contribution in [1.82, 2.24) is 14.7 Å². The van der Waals surface area contributed by atoms with Crippen LogP contribution in [-0.2, 0) is 11.3 Å². The highest BCUT2D eigenvalue weighted by Crippen LogP contribution is 2.18. The molecule has 6 heteroatoms. The average Bonchev–Trinajstić information content (AvgIpc) is 2.92. The molecule has 3 aromatic rings. The number of fused-ring (bicyclic) bond motifs is 1. The smallest absolute Gasteiger partial charge is 0.255 e. The van der Waals surface area contributed by atoms with Gasteiger partial charge in [0.25, 0.3) is 5.91 Å². The van der Waals surface area contributed by atoms with Crippen LogP contribution in [0, 0.1) is 0 Å². The Bertz CT molecular complexity index is 973. The molecule has 2 amide bonds. The maximum absolute atomic E-state index is 12.6. The molecular weight excluding hydrogens is 352 g/mol. The Morgan fingerprint density at radius 1 is 0.964 bits per heavy atom. The van der Waals surface area contributed by atoms with E-state index in [-0.39, 0.29) is 18.4 Å². The molecule has 0 bridgehead atoms. The van der Waals surface area contributed by atoms with E-state index in [1.165, 1.54) is 12.8 Å². The number of para-hydroxylation sites is 1. The van der Waals surface area contributed by atoms with Gasteiger partial charge in [-0.1, -0.05) is 31.0 Å². The monoisotopic (exact) mass is 376 g/mol. The summed E-state index contributed by atoms with van der Waals surface area (Å²) >= 11 is 0. The van der Waals surface area contributed by atoms with Crippen LogP contribution in [-0.4, -0.2) is 39.6 Å². The average molecular weight is 376 g/mol. The number of amides is 2. The zero-order chi connectivity index (χ0) is 19.3. The first-order valence-corrected chi connectivity index (χ1v) is 9.80. The predicted molar refractivity (Wildman–Crippen MR) is 109 cm³/mol. The predicted octanol–water partition coefficient (Wildman–Crippen LogP) is 3.69. The van der Waals surface area contributed by atoms with Crippen LogP contribution in [0.5, 0.6) is 0 Å². The summed E-state index contributed by atoms with van der Waals surface area (Å²) in [5.41, 5.74) is 2.18. The standard InChI is InChI=1S/C22H24N4O2/c27-21(25-12-6-1-2-7-13-25)16-26-20-11-10-17(14-18(20)15-23-26)22(28)24-19-8-4-3-5-9-19/h3-5,8-11,14-15H,1-2,6-7,12-13,16H2,(H,24,28). The van der Waals surface area contributed by atoms with E-state index < -0.39 is 0 Å². The third-order valence-electron chi connectivity index (χ3n) is 5.18. The van der Waals surface area contributed by atoms with Crippen molar-refractivity contribution in [3.8, 4) is 0 Å². The lowest BCUT2D eigenvalue weighted by molar-refractivity contribution is -0.131. The van der Waals surface area contributed by atoms with E-state index in [4.69, 9.17) is 0 Å². The molecule has 0 spiro atoms. The summed E-state index contributed by atoms with van der Waals surface area (Å²) in [6.45, 7) is 1.91. The summed E-state index contributed by atoms with van der Waals surface area (Å²) < 4.78 is 1.72. The Morgan fingerprint density at radius 3 is 2.46 bits per heavy atom. The van der Waals surface area contributed by atoms with Crippen molar-refractivity contribution >= 4 is 28.4 Å². The number of anilines is 1. The van der Waals surface area contributed by atoms with E-state index in [2.05, 4.69) is 10.4 Å². The van der Waals surface area contributed by atoms with Gasteiger partial charge >= 0.3 is 0 Å². The molecule has 144 valence electrons. The Kier molecular flexibility index (Phi) is 5.37.